The maximum Gasteiger partial charge on any atom is 0.272 e. The fourth-order valence-electron chi connectivity index (χ4n) is 1.69. The molecule has 20 heavy (non-hydrogen) atoms. The third kappa shape index (κ3) is 3.33. The first kappa shape index (κ1) is 14.5. The van der Waals surface area contributed by atoms with Crippen LogP contribution in [0.5, 0.6) is 0 Å². The van der Waals surface area contributed by atoms with Crippen molar-refractivity contribution in [2.75, 3.05) is 12.4 Å². The van der Waals surface area contributed by atoms with Crippen molar-refractivity contribution in [2.24, 2.45) is 0 Å². The van der Waals surface area contributed by atoms with E-state index in [0.717, 1.165) is 4.88 Å². The van der Waals surface area contributed by atoms with Gasteiger partial charge in [0.05, 0.1) is 18.4 Å². The number of anilines is 1. The number of rotatable bonds is 5. The topological polar surface area (TPSA) is 66.9 Å². The lowest BCUT2D eigenvalue weighted by atomic mass is 10.2. The molecule has 0 unspecified atom stereocenters. The maximum atomic E-state index is 12.3. The Hall–Kier alpha value is -1.95. The monoisotopic (exact) mass is 290 g/mol. The van der Waals surface area contributed by atoms with Crippen molar-refractivity contribution in [1.82, 2.24) is 15.3 Å². The minimum atomic E-state index is -0.188. The molecule has 2 aromatic heterocycles. The summed E-state index contributed by atoms with van der Waals surface area (Å²) >= 11 is 1.61. The fraction of sp³-hybridized carbons (Fsp3) is 0.357. The molecule has 106 valence electrons. The van der Waals surface area contributed by atoms with E-state index in [2.05, 4.69) is 20.6 Å². The lowest BCUT2D eigenvalue weighted by molar-refractivity contribution is 0.0946. The predicted octanol–water partition coefficient (Wildman–Crippen LogP) is 2.63. The van der Waals surface area contributed by atoms with E-state index in [1.807, 2.05) is 31.4 Å². The van der Waals surface area contributed by atoms with E-state index < -0.39 is 0 Å². The van der Waals surface area contributed by atoms with Crippen LogP contribution in [0.4, 0.5) is 5.69 Å². The molecular weight excluding hydrogens is 272 g/mol. The number of nitrogens with one attached hydrogen (secondary N) is 2. The molecule has 0 aliphatic rings. The van der Waals surface area contributed by atoms with Crippen LogP contribution in [0.3, 0.4) is 0 Å². The van der Waals surface area contributed by atoms with Crippen molar-refractivity contribution in [3.8, 4) is 0 Å². The number of aromatic nitrogens is 2. The van der Waals surface area contributed by atoms with Crippen LogP contribution < -0.4 is 10.6 Å². The van der Waals surface area contributed by atoms with Gasteiger partial charge in [-0.15, -0.1) is 11.3 Å². The number of amides is 1. The number of thiophene rings is 1. The van der Waals surface area contributed by atoms with Crippen molar-refractivity contribution in [2.45, 2.75) is 26.3 Å². The zero-order chi connectivity index (χ0) is 14.5. The second kappa shape index (κ2) is 6.47. The Morgan fingerprint density at radius 3 is 2.85 bits per heavy atom. The van der Waals surface area contributed by atoms with Gasteiger partial charge in [-0.3, -0.25) is 4.79 Å². The Morgan fingerprint density at radius 1 is 1.45 bits per heavy atom. The van der Waals surface area contributed by atoms with E-state index >= 15 is 0 Å². The third-order valence-corrected chi connectivity index (χ3v) is 3.69. The zero-order valence-corrected chi connectivity index (χ0v) is 12.6. The molecule has 0 aromatic carbocycles. The molecule has 0 aliphatic carbocycles. The lowest BCUT2D eigenvalue weighted by Crippen LogP contribution is -2.25. The van der Waals surface area contributed by atoms with Crippen molar-refractivity contribution in [3.05, 3.63) is 40.1 Å². The highest BCUT2D eigenvalue weighted by atomic mass is 32.1. The average Bonchev–Trinajstić information content (AvgIpc) is 2.97. The average molecular weight is 290 g/mol. The molecule has 2 heterocycles. The Balaban J connectivity index is 2.16. The summed E-state index contributed by atoms with van der Waals surface area (Å²) in [5, 5.41) is 7.82. The Labute approximate surface area is 122 Å². The molecule has 2 aromatic rings. The van der Waals surface area contributed by atoms with E-state index in [0.29, 0.717) is 23.8 Å². The Kier molecular flexibility index (Phi) is 4.68. The van der Waals surface area contributed by atoms with E-state index in [1.54, 1.807) is 24.6 Å². The van der Waals surface area contributed by atoms with Gasteiger partial charge in [0.2, 0.25) is 0 Å². The molecule has 0 saturated carbocycles. The van der Waals surface area contributed by atoms with Gasteiger partial charge in [-0.05, 0) is 11.4 Å². The minimum absolute atomic E-state index is 0.185. The van der Waals surface area contributed by atoms with Gasteiger partial charge in [-0.1, -0.05) is 19.9 Å². The van der Waals surface area contributed by atoms with Crippen LogP contribution >= 0.6 is 11.3 Å². The number of carbonyl (C=O) groups is 1. The van der Waals surface area contributed by atoms with Gasteiger partial charge in [0, 0.05) is 17.8 Å². The molecule has 0 saturated heterocycles. The summed E-state index contributed by atoms with van der Waals surface area (Å²) in [5.74, 6) is 0.669. The van der Waals surface area contributed by atoms with Crippen LogP contribution in [0, 0.1) is 0 Å². The van der Waals surface area contributed by atoms with Crippen molar-refractivity contribution >= 4 is 22.9 Å². The summed E-state index contributed by atoms with van der Waals surface area (Å²) in [6.45, 7) is 4.52. The van der Waals surface area contributed by atoms with Crippen molar-refractivity contribution in [1.29, 1.82) is 0 Å². The van der Waals surface area contributed by atoms with E-state index in [4.69, 9.17) is 0 Å². The molecule has 6 heteroatoms. The first-order valence-corrected chi connectivity index (χ1v) is 7.35. The lowest BCUT2D eigenvalue weighted by Gasteiger charge is -2.11. The highest BCUT2D eigenvalue weighted by Gasteiger charge is 2.15. The van der Waals surface area contributed by atoms with Gasteiger partial charge >= 0.3 is 0 Å². The zero-order valence-electron chi connectivity index (χ0n) is 11.8. The van der Waals surface area contributed by atoms with Gasteiger partial charge in [-0.25, -0.2) is 9.97 Å². The smallest absolute Gasteiger partial charge is 0.272 e. The Morgan fingerprint density at radius 2 is 2.25 bits per heavy atom. The molecule has 0 fully saturated rings. The highest BCUT2D eigenvalue weighted by molar-refractivity contribution is 7.09. The molecule has 5 nitrogen and oxygen atoms in total. The molecule has 1 amide bonds. The van der Waals surface area contributed by atoms with Crippen molar-refractivity contribution < 1.29 is 4.79 Å². The standard InChI is InChI=1S/C14H18N4OS/c1-9(2)13-16-8-11(15-3)12(18-13)14(19)17-7-10-5-4-6-20-10/h4-6,8-9,15H,7H2,1-3H3,(H,17,19). The molecule has 0 atom stereocenters. The number of hydrogen-bond acceptors (Lipinski definition) is 5. The van der Waals surface area contributed by atoms with E-state index in [1.165, 1.54) is 0 Å². The van der Waals surface area contributed by atoms with Gasteiger partial charge in [0.25, 0.3) is 5.91 Å². The third-order valence-electron chi connectivity index (χ3n) is 2.81. The molecule has 0 radical (unpaired) electrons. The predicted molar refractivity (Wildman–Crippen MR) is 81.2 cm³/mol. The van der Waals surface area contributed by atoms with Gasteiger partial charge < -0.3 is 10.6 Å². The van der Waals surface area contributed by atoms with E-state index in [9.17, 15) is 4.79 Å². The van der Waals surface area contributed by atoms with Crippen LogP contribution in [0.2, 0.25) is 0 Å². The first-order valence-electron chi connectivity index (χ1n) is 6.47. The fourth-order valence-corrected chi connectivity index (χ4v) is 2.34. The molecule has 2 N–H and O–H groups in total. The summed E-state index contributed by atoms with van der Waals surface area (Å²) in [7, 11) is 1.75. The maximum absolute atomic E-state index is 12.3. The van der Waals surface area contributed by atoms with Crippen LogP contribution in [0.15, 0.2) is 23.7 Å². The summed E-state index contributed by atoms with van der Waals surface area (Å²) in [4.78, 5) is 22.0. The molecule has 2 rings (SSSR count). The summed E-state index contributed by atoms with van der Waals surface area (Å²) in [6, 6.07) is 3.95. The van der Waals surface area contributed by atoms with Crippen LogP contribution in [-0.4, -0.2) is 22.9 Å². The molecular formula is C14H18N4OS. The first-order chi connectivity index (χ1) is 9.61. The second-order valence-corrected chi connectivity index (χ2v) is 5.69. The summed E-state index contributed by atoms with van der Waals surface area (Å²) in [5.41, 5.74) is 1.03. The SMILES string of the molecule is CNc1cnc(C(C)C)nc1C(=O)NCc1cccs1. The minimum Gasteiger partial charge on any atom is -0.385 e. The van der Waals surface area contributed by atoms with Gasteiger partial charge in [-0.2, -0.15) is 0 Å². The number of nitrogens with zero attached hydrogens (tertiary/aromatic N) is 2. The number of carbonyl (C=O) groups excluding carboxylic acids is 1. The molecule has 0 bridgehead atoms. The quantitative estimate of drug-likeness (QED) is 0.888. The number of hydrogen-bond donors (Lipinski definition) is 2. The largest absolute Gasteiger partial charge is 0.385 e. The second-order valence-electron chi connectivity index (χ2n) is 4.66. The summed E-state index contributed by atoms with van der Waals surface area (Å²) in [6.07, 6.45) is 1.66. The van der Waals surface area contributed by atoms with Crippen LogP contribution in [0.1, 0.15) is 41.0 Å². The van der Waals surface area contributed by atoms with Gasteiger partial charge in [0.1, 0.15) is 5.82 Å². The van der Waals surface area contributed by atoms with Crippen molar-refractivity contribution in [3.63, 3.8) is 0 Å². The van der Waals surface area contributed by atoms with E-state index in [-0.39, 0.29) is 11.8 Å². The molecule has 0 spiro atoms. The van der Waals surface area contributed by atoms with Gasteiger partial charge in [0.15, 0.2) is 5.69 Å². The Bertz CT molecular complexity index is 581. The summed E-state index contributed by atoms with van der Waals surface area (Å²) < 4.78 is 0. The normalized spacial score (nSPS) is 10.6. The molecule has 0 aliphatic heterocycles. The van der Waals surface area contributed by atoms with Crippen LogP contribution in [0.25, 0.3) is 0 Å². The van der Waals surface area contributed by atoms with Crippen LogP contribution in [-0.2, 0) is 6.54 Å². The highest BCUT2D eigenvalue weighted by Crippen LogP contribution is 2.16.